The lowest BCUT2D eigenvalue weighted by molar-refractivity contribution is 0.0918. The molecular formula is C18H18Cl2N2O2. The Morgan fingerprint density at radius 3 is 1.92 bits per heavy atom. The molecular weight excluding hydrogens is 347 g/mol. The van der Waals surface area contributed by atoms with Crippen LogP contribution < -0.4 is 10.6 Å². The van der Waals surface area contributed by atoms with Crippen LogP contribution in [0.1, 0.15) is 41.5 Å². The van der Waals surface area contributed by atoms with E-state index in [9.17, 15) is 9.59 Å². The number of anilines is 1. The Labute approximate surface area is 151 Å². The van der Waals surface area contributed by atoms with E-state index >= 15 is 0 Å². The normalized spacial score (nSPS) is 11.0. The number of halogens is 2. The predicted molar refractivity (Wildman–Crippen MR) is 98.1 cm³/mol. The predicted octanol–water partition coefficient (Wildman–Crippen LogP) is 4.77. The fraction of sp³-hybridized carbons (Fsp3) is 0.222. The molecule has 0 unspecified atom stereocenters. The van der Waals surface area contributed by atoms with Gasteiger partial charge >= 0.3 is 0 Å². The summed E-state index contributed by atoms with van der Waals surface area (Å²) in [6, 6.07) is 11.2. The van der Waals surface area contributed by atoms with Crippen LogP contribution in [-0.4, -0.2) is 17.4 Å². The number of nitrogens with one attached hydrogen (secondary N) is 2. The smallest absolute Gasteiger partial charge is 0.255 e. The average molecular weight is 365 g/mol. The van der Waals surface area contributed by atoms with Crippen molar-refractivity contribution >= 4 is 40.7 Å². The third kappa shape index (κ3) is 4.98. The minimum Gasteiger partial charge on any atom is -0.347 e. The number of carbonyl (C=O) groups is 2. The number of hydrogen-bond acceptors (Lipinski definition) is 2. The molecule has 2 rings (SSSR count). The van der Waals surface area contributed by atoms with Gasteiger partial charge < -0.3 is 10.6 Å². The van der Waals surface area contributed by atoms with E-state index in [1.54, 1.807) is 42.5 Å². The monoisotopic (exact) mass is 364 g/mol. The summed E-state index contributed by atoms with van der Waals surface area (Å²) in [5, 5.41) is 6.43. The van der Waals surface area contributed by atoms with Crippen LogP contribution in [0, 0.1) is 0 Å². The number of carbonyl (C=O) groups excluding carboxylic acids is 2. The first-order chi connectivity index (χ1) is 11.2. The molecule has 0 heterocycles. The maximum Gasteiger partial charge on any atom is 0.255 e. The molecule has 0 aliphatic carbocycles. The second kappa shape index (κ2) is 7.24. The second-order valence-electron chi connectivity index (χ2n) is 6.36. The van der Waals surface area contributed by atoms with E-state index in [2.05, 4.69) is 10.6 Å². The van der Waals surface area contributed by atoms with Gasteiger partial charge in [-0.25, -0.2) is 0 Å². The van der Waals surface area contributed by atoms with Crippen molar-refractivity contribution in [2.45, 2.75) is 26.3 Å². The number of benzene rings is 2. The van der Waals surface area contributed by atoms with Gasteiger partial charge in [-0.3, -0.25) is 9.59 Å². The van der Waals surface area contributed by atoms with Gasteiger partial charge in [-0.15, -0.1) is 0 Å². The van der Waals surface area contributed by atoms with E-state index in [1.165, 1.54) is 0 Å². The van der Waals surface area contributed by atoms with Gasteiger partial charge in [-0.05, 0) is 63.2 Å². The van der Waals surface area contributed by atoms with Crippen molar-refractivity contribution in [3.8, 4) is 0 Å². The largest absolute Gasteiger partial charge is 0.347 e. The highest BCUT2D eigenvalue weighted by molar-refractivity contribution is 6.36. The first-order valence-electron chi connectivity index (χ1n) is 7.35. The van der Waals surface area contributed by atoms with Gasteiger partial charge in [0.15, 0.2) is 0 Å². The van der Waals surface area contributed by atoms with Gasteiger partial charge in [0.1, 0.15) is 0 Å². The molecule has 4 nitrogen and oxygen atoms in total. The van der Waals surface area contributed by atoms with Crippen molar-refractivity contribution in [2.24, 2.45) is 0 Å². The molecule has 126 valence electrons. The molecule has 2 aromatic rings. The molecule has 0 atom stereocenters. The Hall–Kier alpha value is -2.04. The van der Waals surface area contributed by atoms with Crippen LogP contribution >= 0.6 is 23.2 Å². The molecule has 0 bridgehead atoms. The number of amides is 2. The summed E-state index contributed by atoms with van der Waals surface area (Å²) >= 11 is 11.9. The summed E-state index contributed by atoms with van der Waals surface area (Å²) in [7, 11) is 0. The van der Waals surface area contributed by atoms with E-state index in [1.807, 2.05) is 20.8 Å². The van der Waals surface area contributed by atoms with Gasteiger partial charge in [0, 0.05) is 21.7 Å². The van der Waals surface area contributed by atoms with Gasteiger partial charge in [-0.1, -0.05) is 23.2 Å². The van der Waals surface area contributed by atoms with E-state index in [4.69, 9.17) is 23.2 Å². The second-order valence-corrected chi connectivity index (χ2v) is 7.20. The Balaban J connectivity index is 2.10. The zero-order valence-electron chi connectivity index (χ0n) is 13.6. The standard InChI is InChI=1S/C18H18Cl2N2O2/c1-18(2,3)22-17(24)12-6-4-11(5-7-12)16(23)21-15-9-8-13(19)10-14(15)20/h4-10H,1-3H3,(H,21,23)(H,22,24). The van der Waals surface area contributed by atoms with Crippen molar-refractivity contribution in [3.05, 3.63) is 63.6 Å². The van der Waals surface area contributed by atoms with Gasteiger partial charge in [0.05, 0.1) is 10.7 Å². The van der Waals surface area contributed by atoms with Crippen LogP contribution in [0.3, 0.4) is 0 Å². The van der Waals surface area contributed by atoms with Gasteiger partial charge in [0.2, 0.25) is 0 Å². The highest BCUT2D eigenvalue weighted by Crippen LogP contribution is 2.25. The molecule has 0 spiro atoms. The Bertz CT molecular complexity index is 766. The zero-order chi connectivity index (χ0) is 17.9. The fourth-order valence-corrected chi connectivity index (χ4v) is 2.43. The molecule has 2 aromatic carbocycles. The number of rotatable bonds is 3. The minimum atomic E-state index is -0.321. The summed E-state index contributed by atoms with van der Waals surface area (Å²) in [6.07, 6.45) is 0. The lowest BCUT2D eigenvalue weighted by Gasteiger charge is -2.20. The van der Waals surface area contributed by atoms with Gasteiger partial charge in [0.25, 0.3) is 11.8 Å². The molecule has 0 saturated heterocycles. The zero-order valence-corrected chi connectivity index (χ0v) is 15.1. The number of hydrogen-bond donors (Lipinski definition) is 2. The van der Waals surface area contributed by atoms with Crippen LogP contribution in [-0.2, 0) is 0 Å². The quantitative estimate of drug-likeness (QED) is 0.823. The Morgan fingerprint density at radius 2 is 1.42 bits per heavy atom. The maximum absolute atomic E-state index is 12.3. The summed E-state index contributed by atoms with van der Waals surface area (Å²) in [5.74, 6) is -0.503. The average Bonchev–Trinajstić information content (AvgIpc) is 2.48. The first kappa shape index (κ1) is 18.3. The van der Waals surface area contributed by atoms with Crippen LogP contribution in [0.5, 0.6) is 0 Å². The molecule has 0 radical (unpaired) electrons. The SMILES string of the molecule is CC(C)(C)NC(=O)c1ccc(C(=O)Nc2ccc(Cl)cc2Cl)cc1. The third-order valence-electron chi connectivity index (χ3n) is 3.08. The van der Waals surface area contributed by atoms with Crippen molar-refractivity contribution in [1.82, 2.24) is 5.32 Å². The fourth-order valence-electron chi connectivity index (χ4n) is 1.97. The van der Waals surface area contributed by atoms with Crippen molar-refractivity contribution in [1.29, 1.82) is 0 Å². The van der Waals surface area contributed by atoms with Crippen molar-refractivity contribution in [3.63, 3.8) is 0 Å². The van der Waals surface area contributed by atoms with Crippen LogP contribution in [0.15, 0.2) is 42.5 Å². The maximum atomic E-state index is 12.3. The Kier molecular flexibility index (Phi) is 5.52. The molecule has 6 heteroatoms. The van der Waals surface area contributed by atoms with Gasteiger partial charge in [-0.2, -0.15) is 0 Å². The van der Waals surface area contributed by atoms with E-state index in [-0.39, 0.29) is 17.4 Å². The highest BCUT2D eigenvalue weighted by Gasteiger charge is 2.16. The summed E-state index contributed by atoms with van der Waals surface area (Å²) < 4.78 is 0. The summed E-state index contributed by atoms with van der Waals surface area (Å²) in [4.78, 5) is 24.3. The lowest BCUT2D eigenvalue weighted by atomic mass is 10.1. The van der Waals surface area contributed by atoms with Crippen LogP contribution in [0.4, 0.5) is 5.69 Å². The first-order valence-corrected chi connectivity index (χ1v) is 8.10. The Morgan fingerprint density at radius 1 is 0.875 bits per heavy atom. The molecule has 2 N–H and O–H groups in total. The summed E-state index contributed by atoms with van der Waals surface area (Å²) in [6.45, 7) is 5.72. The molecule has 0 saturated carbocycles. The molecule has 2 amide bonds. The van der Waals surface area contributed by atoms with Crippen molar-refractivity contribution < 1.29 is 9.59 Å². The molecule has 24 heavy (non-hydrogen) atoms. The minimum absolute atomic E-state index is 0.185. The van der Waals surface area contributed by atoms with Crippen molar-refractivity contribution in [2.75, 3.05) is 5.32 Å². The molecule has 0 fully saturated rings. The molecule has 0 aromatic heterocycles. The summed E-state index contributed by atoms with van der Waals surface area (Å²) in [5.41, 5.74) is 1.07. The third-order valence-corrected chi connectivity index (χ3v) is 3.62. The lowest BCUT2D eigenvalue weighted by Crippen LogP contribution is -2.40. The highest BCUT2D eigenvalue weighted by atomic mass is 35.5. The topological polar surface area (TPSA) is 58.2 Å². The van der Waals surface area contributed by atoms with Crippen LogP contribution in [0.2, 0.25) is 10.0 Å². The van der Waals surface area contributed by atoms with Crippen LogP contribution in [0.25, 0.3) is 0 Å². The van der Waals surface area contributed by atoms with E-state index < -0.39 is 0 Å². The van der Waals surface area contributed by atoms with E-state index in [0.717, 1.165) is 0 Å². The molecule has 0 aliphatic rings. The van der Waals surface area contributed by atoms with E-state index in [0.29, 0.717) is 26.9 Å². The molecule has 0 aliphatic heterocycles.